The second kappa shape index (κ2) is 7.60. The maximum Gasteiger partial charge on any atom is 0.131 e. The molecule has 0 aliphatic carbocycles. The molecule has 20 heavy (non-hydrogen) atoms. The van der Waals surface area contributed by atoms with Crippen molar-refractivity contribution >= 4 is 5.82 Å². The van der Waals surface area contributed by atoms with E-state index in [2.05, 4.69) is 42.0 Å². The normalized spacial score (nSPS) is 11.7. The summed E-state index contributed by atoms with van der Waals surface area (Å²) in [5, 5.41) is 13.4. The second-order valence-corrected chi connectivity index (χ2v) is 5.99. The lowest BCUT2D eigenvalue weighted by molar-refractivity contribution is 0.0874. The lowest BCUT2D eigenvalue weighted by atomic mass is 10.1. The van der Waals surface area contributed by atoms with E-state index in [1.165, 1.54) is 5.56 Å². The molecule has 0 saturated heterocycles. The van der Waals surface area contributed by atoms with Crippen LogP contribution in [0.25, 0.3) is 0 Å². The molecule has 1 aromatic heterocycles. The molecule has 114 valence electrons. The zero-order valence-corrected chi connectivity index (χ0v) is 13.5. The molecule has 0 atom stereocenters. The van der Waals surface area contributed by atoms with Gasteiger partial charge in [-0.15, -0.1) is 0 Å². The van der Waals surface area contributed by atoms with Crippen molar-refractivity contribution in [1.82, 2.24) is 10.3 Å². The van der Waals surface area contributed by atoms with Crippen LogP contribution in [0.15, 0.2) is 12.3 Å². The highest BCUT2D eigenvalue weighted by Gasteiger charge is 2.19. The van der Waals surface area contributed by atoms with Crippen LogP contribution in [-0.4, -0.2) is 35.3 Å². The second-order valence-electron chi connectivity index (χ2n) is 5.99. The van der Waals surface area contributed by atoms with Crippen molar-refractivity contribution in [2.75, 3.05) is 24.5 Å². The fraction of sp³-hybridized carbons (Fsp3) is 0.688. The minimum absolute atomic E-state index is 0.588. The van der Waals surface area contributed by atoms with Gasteiger partial charge in [-0.3, -0.25) is 0 Å². The van der Waals surface area contributed by atoms with E-state index >= 15 is 0 Å². The minimum Gasteiger partial charge on any atom is -0.389 e. The number of rotatable bonds is 8. The predicted octanol–water partition coefficient (Wildman–Crippen LogP) is 2.49. The van der Waals surface area contributed by atoms with Gasteiger partial charge in [-0.05, 0) is 57.9 Å². The highest BCUT2D eigenvalue weighted by Crippen LogP contribution is 2.20. The number of nitrogens with zero attached hydrogens (tertiary/aromatic N) is 2. The molecule has 0 aliphatic heterocycles. The van der Waals surface area contributed by atoms with Gasteiger partial charge in [0.1, 0.15) is 5.82 Å². The van der Waals surface area contributed by atoms with Crippen LogP contribution in [0, 0.1) is 6.92 Å². The Hall–Kier alpha value is -1.13. The molecule has 0 spiro atoms. The molecule has 4 nitrogen and oxygen atoms in total. The molecular formula is C16H29N3O. The fourth-order valence-electron chi connectivity index (χ4n) is 2.27. The van der Waals surface area contributed by atoms with Crippen LogP contribution in [-0.2, 0) is 6.54 Å². The van der Waals surface area contributed by atoms with Gasteiger partial charge >= 0.3 is 0 Å². The van der Waals surface area contributed by atoms with Gasteiger partial charge in [0.05, 0.1) is 5.60 Å². The van der Waals surface area contributed by atoms with E-state index in [0.29, 0.717) is 6.54 Å². The zero-order chi connectivity index (χ0) is 15.2. The quantitative estimate of drug-likeness (QED) is 0.718. The number of anilines is 1. The maximum atomic E-state index is 9.99. The van der Waals surface area contributed by atoms with Crippen molar-refractivity contribution in [3.05, 3.63) is 23.4 Å². The number of aliphatic hydroxyl groups is 1. The molecular weight excluding hydrogens is 250 g/mol. The van der Waals surface area contributed by atoms with Crippen molar-refractivity contribution in [3.63, 3.8) is 0 Å². The van der Waals surface area contributed by atoms with E-state index in [1.807, 2.05) is 20.0 Å². The third-order valence-electron chi connectivity index (χ3n) is 3.12. The van der Waals surface area contributed by atoms with Crippen molar-refractivity contribution < 1.29 is 5.11 Å². The Balaban J connectivity index is 2.79. The smallest absolute Gasteiger partial charge is 0.131 e. The third-order valence-corrected chi connectivity index (χ3v) is 3.12. The van der Waals surface area contributed by atoms with Gasteiger partial charge in [-0.25, -0.2) is 4.98 Å². The first-order chi connectivity index (χ1) is 9.37. The van der Waals surface area contributed by atoms with Crippen molar-refractivity contribution in [3.8, 4) is 0 Å². The summed E-state index contributed by atoms with van der Waals surface area (Å²) < 4.78 is 0. The average Bonchev–Trinajstić information content (AvgIpc) is 2.36. The summed E-state index contributed by atoms with van der Waals surface area (Å²) in [6.07, 6.45) is 3.07. The van der Waals surface area contributed by atoms with E-state index in [0.717, 1.165) is 37.4 Å². The van der Waals surface area contributed by atoms with Crippen LogP contribution >= 0.6 is 0 Å². The average molecular weight is 279 g/mol. The Bertz CT molecular complexity index is 413. The Morgan fingerprint density at radius 1 is 1.35 bits per heavy atom. The first-order valence-corrected chi connectivity index (χ1v) is 7.51. The molecule has 1 aromatic rings. The van der Waals surface area contributed by atoms with Gasteiger partial charge in [0.25, 0.3) is 0 Å². The van der Waals surface area contributed by atoms with Crippen LogP contribution in [0.1, 0.15) is 45.2 Å². The number of aryl methyl sites for hydroxylation is 1. The van der Waals surface area contributed by atoms with Crippen LogP contribution < -0.4 is 10.2 Å². The Morgan fingerprint density at radius 2 is 2.05 bits per heavy atom. The van der Waals surface area contributed by atoms with E-state index in [9.17, 15) is 5.11 Å². The van der Waals surface area contributed by atoms with Crippen LogP contribution in [0.5, 0.6) is 0 Å². The standard InChI is InChI=1S/C16H29N3O/c1-6-8-17-10-14-9-13(3)15(18-11-14)19(7-2)12-16(4,5)20/h9,11,17,20H,6-8,10,12H2,1-5H3. The van der Waals surface area contributed by atoms with Gasteiger partial charge in [0, 0.05) is 25.8 Å². The predicted molar refractivity (Wildman–Crippen MR) is 85.2 cm³/mol. The lowest BCUT2D eigenvalue weighted by Crippen LogP contribution is -2.39. The molecule has 1 heterocycles. The SMILES string of the molecule is CCCNCc1cnc(N(CC)CC(C)(C)O)c(C)c1. The summed E-state index contributed by atoms with van der Waals surface area (Å²) in [5.74, 6) is 0.967. The van der Waals surface area contributed by atoms with Crippen LogP contribution in [0.4, 0.5) is 5.82 Å². The first kappa shape index (κ1) is 16.9. The Morgan fingerprint density at radius 3 is 2.55 bits per heavy atom. The Labute approximate surface area is 123 Å². The van der Waals surface area contributed by atoms with Crippen molar-refractivity contribution in [1.29, 1.82) is 0 Å². The largest absolute Gasteiger partial charge is 0.389 e. The fourth-order valence-corrected chi connectivity index (χ4v) is 2.27. The topological polar surface area (TPSA) is 48.4 Å². The van der Waals surface area contributed by atoms with Gasteiger partial charge in [-0.2, -0.15) is 0 Å². The number of aromatic nitrogens is 1. The van der Waals surface area contributed by atoms with E-state index < -0.39 is 5.60 Å². The number of pyridine rings is 1. The van der Waals surface area contributed by atoms with E-state index in [-0.39, 0.29) is 0 Å². The molecule has 0 aromatic carbocycles. The monoisotopic (exact) mass is 279 g/mol. The molecule has 2 N–H and O–H groups in total. The third kappa shape index (κ3) is 5.47. The summed E-state index contributed by atoms with van der Waals surface area (Å²) in [6, 6.07) is 2.18. The molecule has 4 heteroatoms. The number of likely N-dealkylation sites (N-methyl/N-ethyl adjacent to an activating group) is 1. The highest BCUT2D eigenvalue weighted by molar-refractivity contribution is 5.47. The summed E-state index contributed by atoms with van der Waals surface area (Å²) >= 11 is 0. The number of nitrogens with one attached hydrogen (secondary N) is 1. The van der Waals surface area contributed by atoms with Crippen LogP contribution in [0.2, 0.25) is 0 Å². The molecule has 0 bridgehead atoms. The molecule has 0 aliphatic rings. The molecule has 1 rings (SSSR count). The first-order valence-electron chi connectivity index (χ1n) is 7.51. The summed E-state index contributed by atoms with van der Waals surface area (Å²) in [4.78, 5) is 6.71. The van der Waals surface area contributed by atoms with Crippen LogP contribution in [0.3, 0.4) is 0 Å². The van der Waals surface area contributed by atoms with Crippen molar-refractivity contribution in [2.45, 2.75) is 53.2 Å². The van der Waals surface area contributed by atoms with Crippen molar-refractivity contribution in [2.24, 2.45) is 0 Å². The Kier molecular flexibility index (Phi) is 6.43. The molecule has 0 amide bonds. The van der Waals surface area contributed by atoms with Gasteiger partial charge < -0.3 is 15.3 Å². The van der Waals surface area contributed by atoms with E-state index in [1.54, 1.807) is 0 Å². The molecule has 0 unspecified atom stereocenters. The highest BCUT2D eigenvalue weighted by atomic mass is 16.3. The minimum atomic E-state index is -0.717. The number of hydrogen-bond acceptors (Lipinski definition) is 4. The summed E-state index contributed by atoms with van der Waals surface area (Å²) in [5.41, 5.74) is 1.65. The molecule has 0 radical (unpaired) electrons. The summed E-state index contributed by atoms with van der Waals surface area (Å²) in [6.45, 7) is 13.3. The zero-order valence-electron chi connectivity index (χ0n) is 13.5. The molecule has 0 fully saturated rings. The number of hydrogen-bond donors (Lipinski definition) is 2. The summed E-state index contributed by atoms with van der Waals surface area (Å²) in [7, 11) is 0. The molecule has 0 saturated carbocycles. The maximum absolute atomic E-state index is 9.99. The van der Waals surface area contributed by atoms with E-state index in [4.69, 9.17) is 0 Å². The van der Waals surface area contributed by atoms with Gasteiger partial charge in [-0.1, -0.05) is 6.92 Å². The van der Waals surface area contributed by atoms with Gasteiger partial charge in [0.15, 0.2) is 0 Å². The lowest BCUT2D eigenvalue weighted by Gasteiger charge is -2.30. The van der Waals surface area contributed by atoms with Gasteiger partial charge in [0.2, 0.25) is 0 Å².